The quantitative estimate of drug-likeness (QED) is 0.496. The van der Waals surface area contributed by atoms with Gasteiger partial charge in [-0.2, -0.15) is 0 Å². The van der Waals surface area contributed by atoms with Crippen LogP contribution in [0, 0.1) is 0 Å². The lowest BCUT2D eigenvalue weighted by atomic mass is 10.3. The third-order valence-corrected chi connectivity index (χ3v) is 7.16. The number of aromatic nitrogens is 1. The zero-order chi connectivity index (χ0) is 20.4. The van der Waals surface area contributed by atoms with Crippen LogP contribution < -0.4 is 10.2 Å². The van der Waals surface area contributed by atoms with Gasteiger partial charge in [-0.1, -0.05) is 41.7 Å². The number of amides is 1. The summed E-state index contributed by atoms with van der Waals surface area (Å²) in [4.78, 5) is 13.3. The molecule has 29 heavy (non-hydrogen) atoms. The summed E-state index contributed by atoms with van der Waals surface area (Å²) < 4.78 is 33.3. The number of carbonyl (C=O) groups excluding carboxylic acids is 1. The van der Waals surface area contributed by atoms with Crippen LogP contribution in [0.1, 0.15) is 16.1 Å². The largest absolute Gasteiger partial charge is 0.459 e. The van der Waals surface area contributed by atoms with E-state index in [4.69, 9.17) is 4.42 Å². The van der Waals surface area contributed by atoms with Crippen LogP contribution in [0.25, 0.3) is 10.2 Å². The lowest BCUT2D eigenvalue weighted by Crippen LogP contribution is -2.24. The highest BCUT2D eigenvalue weighted by molar-refractivity contribution is 7.90. The van der Waals surface area contributed by atoms with Crippen LogP contribution in [-0.2, 0) is 22.6 Å². The topological polar surface area (TPSA) is 93.7 Å². The number of benzene rings is 2. The van der Waals surface area contributed by atoms with Gasteiger partial charge in [0.2, 0.25) is 4.80 Å². The fourth-order valence-electron chi connectivity index (χ4n) is 2.90. The van der Waals surface area contributed by atoms with Gasteiger partial charge < -0.3 is 8.98 Å². The molecule has 4 aromatic rings. The van der Waals surface area contributed by atoms with Gasteiger partial charge in [0.05, 0.1) is 27.1 Å². The number of furan rings is 1. The minimum absolute atomic E-state index is 0.0722. The summed E-state index contributed by atoms with van der Waals surface area (Å²) in [6.07, 6.45) is 1.30. The SMILES string of the molecule is Cn1c(=NNC(=O)c2occc2CS(=O)(=O)c2ccccc2)sc2ccccc21. The van der Waals surface area contributed by atoms with Crippen LogP contribution in [0.15, 0.2) is 81.3 Å². The third kappa shape index (κ3) is 3.87. The summed E-state index contributed by atoms with van der Waals surface area (Å²) in [7, 11) is -1.75. The van der Waals surface area contributed by atoms with Crippen LogP contribution in [0.2, 0.25) is 0 Å². The molecule has 2 aromatic heterocycles. The Morgan fingerprint density at radius 3 is 2.59 bits per heavy atom. The van der Waals surface area contributed by atoms with Gasteiger partial charge >= 0.3 is 5.91 Å². The van der Waals surface area contributed by atoms with Crippen LogP contribution in [0.3, 0.4) is 0 Å². The maximum Gasteiger partial charge on any atom is 0.307 e. The number of rotatable bonds is 5. The number of hydrogen-bond acceptors (Lipinski definition) is 6. The summed E-state index contributed by atoms with van der Waals surface area (Å²) in [6, 6.07) is 17.4. The second-order valence-corrected chi connectivity index (χ2v) is 9.31. The Kier molecular flexibility index (Phi) is 5.08. The van der Waals surface area contributed by atoms with Crippen molar-refractivity contribution in [2.45, 2.75) is 10.6 Å². The van der Waals surface area contributed by atoms with E-state index in [9.17, 15) is 13.2 Å². The van der Waals surface area contributed by atoms with E-state index in [1.807, 2.05) is 35.9 Å². The lowest BCUT2D eigenvalue weighted by molar-refractivity contribution is 0.0924. The van der Waals surface area contributed by atoms with Gasteiger partial charge in [-0.25, -0.2) is 13.8 Å². The summed E-state index contributed by atoms with van der Waals surface area (Å²) in [5, 5.41) is 4.17. The summed E-state index contributed by atoms with van der Waals surface area (Å²) in [6.45, 7) is 0. The van der Waals surface area contributed by atoms with Crippen molar-refractivity contribution < 1.29 is 17.6 Å². The molecule has 0 unspecified atom stereocenters. The van der Waals surface area contributed by atoms with Crippen LogP contribution in [0.5, 0.6) is 0 Å². The van der Waals surface area contributed by atoms with Gasteiger partial charge in [0.1, 0.15) is 0 Å². The van der Waals surface area contributed by atoms with E-state index in [2.05, 4.69) is 10.5 Å². The molecule has 9 heteroatoms. The number of thiazole rings is 1. The molecular formula is C20H17N3O4S2. The monoisotopic (exact) mass is 427 g/mol. The van der Waals surface area contributed by atoms with Gasteiger partial charge in [0.25, 0.3) is 0 Å². The van der Waals surface area contributed by atoms with E-state index in [1.165, 1.54) is 35.8 Å². The maximum atomic E-state index is 12.6. The molecule has 0 radical (unpaired) electrons. The first-order valence-electron chi connectivity index (χ1n) is 8.68. The van der Waals surface area contributed by atoms with Crippen molar-refractivity contribution in [2.24, 2.45) is 12.1 Å². The predicted molar refractivity (Wildman–Crippen MR) is 110 cm³/mol. The predicted octanol–water partition coefficient (Wildman–Crippen LogP) is 3.05. The van der Waals surface area contributed by atoms with Gasteiger partial charge in [-0.05, 0) is 30.3 Å². The molecule has 1 amide bonds. The van der Waals surface area contributed by atoms with E-state index < -0.39 is 15.7 Å². The van der Waals surface area contributed by atoms with Crippen molar-refractivity contribution >= 4 is 37.3 Å². The Labute approximate surface area is 170 Å². The second kappa shape index (κ2) is 7.69. The van der Waals surface area contributed by atoms with Crippen LogP contribution in [0.4, 0.5) is 0 Å². The minimum atomic E-state index is -3.60. The number of carbonyl (C=O) groups is 1. The first-order chi connectivity index (χ1) is 14.0. The number of nitrogens with zero attached hydrogens (tertiary/aromatic N) is 2. The van der Waals surface area contributed by atoms with Crippen molar-refractivity contribution in [2.75, 3.05) is 0 Å². The third-order valence-electron chi connectivity index (χ3n) is 4.37. The highest BCUT2D eigenvalue weighted by atomic mass is 32.2. The molecule has 0 fully saturated rings. The molecule has 0 aliphatic carbocycles. The Morgan fingerprint density at radius 1 is 1.10 bits per heavy atom. The molecule has 0 bridgehead atoms. The summed E-state index contributed by atoms with van der Waals surface area (Å²) >= 11 is 1.43. The van der Waals surface area contributed by atoms with E-state index in [-0.39, 0.29) is 22.0 Å². The summed E-state index contributed by atoms with van der Waals surface area (Å²) in [5.41, 5.74) is 3.73. The van der Waals surface area contributed by atoms with Crippen molar-refractivity contribution in [3.8, 4) is 0 Å². The first kappa shape index (κ1) is 19.2. The smallest absolute Gasteiger partial charge is 0.307 e. The molecule has 1 N–H and O–H groups in total. The lowest BCUT2D eigenvalue weighted by Gasteiger charge is -2.04. The van der Waals surface area contributed by atoms with E-state index >= 15 is 0 Å². The Hall–Kier alpha value is -3.17. The van der Waals surface area contributed by atoms with Gasteiger partial charge in [-0.3, -0.25) is 4.79 Å². The molecule has 0 spiro atoms. The molecule has 0 saturated carbocycles. The van der Waals surface area contributed by atoms with Gasteiger partial charge in [0.15, 0.2) is 15.6 Å². The van der Waals surface area contributed by atoms with Gasteiger partial charge in [-0.15, -0.1) is 5.10 Å². The van der Waals surface area contributed by atoms with E-state index in [0.29, 0.717) is 4.80 Å². The van der Waals surface area contributed by atoms with Gasteiger partial charge in [0, 0.05) is 12.6 Å². The normalized spacial score (nSPS) is 12.4. The first-order valence-corrected chi connectivity index (χ1v) is 11.2. The van der Waals surface area contributed by atoms with Crippen molar-refractivity contribution in [1.82, 2.24) is 9.99 Å². The molecule has 0 atom stereocenters. The fourth-order valence-corrected chi connectivity index (χ4v) is 5.26. The molecule has 0 saturated heterocycles. The Morgan fingerprint density at radius 2 is 1.83 bits per heavy atom. The van der Waals surface area contributed by atoms with Crippen LogP contribution >= 0.6 is 11.3 Å². The Balaban J connectivity index is 1.58. The highest BCUT2D eigenvalue weighted by Gasteiger charge is 2.22. The Bertz CT molecular complexity index is 1350. The zero-order valence-electron chi connectivity index (χ0n) is 15.4. The minimum Gasteiger partial charge on any atom is -0.459 e. The number of sulfone groups is 1. The molecule has 2 aromatic carbocycles. The highest BCUT2D eigenvalue weighted by Crippen LogP contribution is 2.20. The zero-order valence-corrected chi connectivity index (χ0v) is 17.0. The molecule has 4 rings (SSSR count). The van der Waals surface area contributed by atoms with E-state index in [1.54, 1.807) is 18.2 Å². The van der Waals surface area contributed by atoms with Crippen molar-refractivity contribution in [3.05, 3.63) is 83.1 Å². The molecule has 7 nitrogen and oxygen atoms in total. The summed E-state index contributed by atoms with van der Waals surface area (Å²) in [5.74, 6) is -1.02. The number of aryl methyl sites for hydroxylation is 1. The second-order valence-electron chi connectivity index (χ2n) is 6.31. The number of nitrogens with one attached hydrogen (secondary N) is 1. The van der Waals surface area contributed by atoms with Crippen molar-refractivity contribution in [1.29, 1.82) is 0 Å². The molecular weight excluding hydrogens is 410 g/mol. The number of para-hydroxylation sites is 1. The number of fused-ring (bicyclic) bond motifs is 1. The molecule has 2 heterocycles. The standard InChI is InChI=1S/C20H17N3O4S2/c1-23-16-9-5-6-10-17(16)28-20(23)22-21-19(24)18-14(11-12-27-18)13-29(25,26)15-7-3-2-4-8-15/h2-12H,13H2,1H3,(H,21,24). The average molecular weight is 428 g/mol. The average Bonchev–Trinajstić information content (AvgIpc) is 3.31. The van der Waals surface area contributed by atoms with E-state index in [0.717, 1.165) is 10.2 Å². The van der Waals surface area contributed by atoms with Crippen molar-refractivity contribution in [3.63, 3.8) is 0 Å². The molecule has 0 aliphatic rings. The molecule has 148 valence electrons. The number of hydrogen-bond donors (Lipinski definition) is 1. The van der Waals surface area contributed by atoms with Crippen LogP contribution in [-0.4, -0.2) is 18.9 Å². The molecule has 0 aliphatic heterocycles. The maximum absolute atomic E-state index is 12.6. The fraction of sp³-hybridized carbons (Fsp3) is 0.100.